The molecule has 2 atom stereocenters. The van der Waals surface area contributed by atoms with Crippen molar-refractivity contribution in [2.24, 2.45) is 5.73 Å². The van der Waals surface area contributed by atoms with Gasteiger partial charge in [0.1, 0.15) is 6.61 Å². The second kappa shape index (κ2) is 45.2. The molecule has 0 bridgehead atoms. The van der Waals surface area contributed by atoms with Crippen molar-refractivity contribution >= 4 is 19.8 Å². The largest absolute Gasteiger partial charge is 0.472 e. The van der Waals surface area contributed by atoms with Crippen LogP contribution in [0.2, 0.25) is 0 Å². The quantitative estimate of drug-likeness (QED) is 0.0266. The first kappa shape index (κ1) is 56.7. The number of esters is 2. The predicted octanol–water partition coefficient (Wildman–Crippen LogP) is 14.1. The van der Waals surface area contributed by atoms with Gasteiger partial charge >= 0.3 is 19.8 Å². The number of rotatable bonds is 44. The van der Waals surface area contributed by atoms with Gasteiger partial charge in [-0.05, 0) is 77.0 Å². The second-order valence-corrected chi connectivity index (χ2v) is 17.1. The second-order valence-electron chi connectivity index (χ2n) is 15.6. The summed E-state index contributed by atoms with van der Waals surface area (Å²) in [5.74, 6) is -0.894. The highest BCUT2D eigenvalue weighted by Gasteiger charge is 2.26. The first-order valence-corrected chi connectivity index (χ1v) is 25.3. The molecule has 0 heterocycles. The molecule has 0 aromatic carbocycles. The number of hydrogen-bond acceptors (Lipinski definition) is 8. The summed E-state index contributed by atoms with van der Waals surface area (Å²) in [6.07, 6.45) is 54.0. The van der Waals surface area contributed by atoms with Crippen molar-refractivity contribution in [3.05, 3.63) is 60.8 Å². The van der Waals surface area contributed by atoms with E-state index in [0.717, 1.165) is 38.5 Å². The van der Waals surface area contributed by atoms with Gasteiger partial charge in [0.2, 0.25) is 0 Å². The average molecular weight is 850 g/mol. The van der Waals surface area contributed by atoms with E-state index in [2.05, 4.69) is 68.5 Å². The standard InChI is InChI=1S/C49H88NO8P/c1-3-5-7-9-11-13-15-17-19-21-22-23-24-26-27-29-31-33-35-37-39-41-48(51)55-45-47(46-57-59(53,54)56-44-43-50)58-49(52)42-40-38-36-34-32-30-28-25-20-18-16-14-12-10-8-6-4-2/h12,14,17-20,28,30,34,36,47H,3-11,13,15-16,21-27,29,31-33,35,37-46,50H2,1-2H3,(H,53,54)/b14-12+,19-17+,20-18+,30-28+,36-34+/t47-/m1/s1. The fourth-order valence-electron chi connectivity index (χ4n) is 6.33. The van der Waals surface area contributed by atoms with Crippen molar-refractivity contribution < 1.29 is 37.6 Å². The van der Waals surface area contributed by atoms with Gasteiger partial charge in [-0.15, -0.1) is 0 Å². The topological polar surface area (TPSA) is 134 Å². The molecule has 0 spiro atoms. The lowest BCUT2D eigenvalue weighted by atomic mass is 10.0. The molecule has 0 aromatic rings. The van der Waals surface area contributed by atoms with E-state index in [4.69, 9.17) is 24.3 Å². The van der Waals surface area contributed by atoms with Crippen LogP contribution in [0.5, 0.6) is 0 Å². The molecule has 0 aromatic heterocycles. The highest BCUT2D eigenvalue weighted by molar-refractivity contribution is 7.47. The molecule has 9 nitrogen and oxygen atoms in total. The predicted molar refractivity (Wildman–Crippen MR) is 247 cm³/mol. The Balaban J connectivity index is 4.16. The maximum Gasteiger partial charge on any atom is 0.472 e. The molecule has 342 valence electrons. The van der Waals surface area contributed by atoms with Gasteiger partial charge < -0.3 is 20.1 Å². The average Bonchev–Trinajstić information content (AvgIpc) is 3.22. The van der Waals surface area contributed by atoms with Gasteiger partial charge in [-0.2, -0.15) is 0 Å². The van der Waals surface area contributed by atoms with Crippen LogP contribution in [0, 0.1) is 0 Å². The molecule has 0 aliphatic carbocycles. The number of ether oxygens (including phenoxy) is 2. The Labute approximate surface area is 361 Å². The van der Waals surface area contributed by atoms with Crippen LogP contribution in [0.3, 0.4) is 0 Å². The SMILES string of the molecule is CCCCC/C=C/C/C=C/C/C=C/C/C=C/CCCC(=O)O[C@H](COC(=O)CCCCCCCCCCCCC/C=C/CCCCCCCC)COP(=O)(O)OCCN. The highest BCUT2D eigenvalue weighted by atomic mass is 31.2. The van der Waals surface area contributed by atoms with Crippen LogP contribution in [0.1, 0.15) is 206 Å². The highest BCUT2D eigenvalue weighted by Crippen LogP contribution is 2.43. The summed E-state index contributed by atoms with van der Waals surface area (Å²) < 4.78 is 32.8. The lowest BCUT2D eigenvalue weighted by molar-refractivity contribution is -0.161. The van der Waals surface area contributed by atoms with Gasteiger partial charge in [-0.1, -0.05) is 177 Å². The molecule has 59 heavy (non-hydrogen) atoms. The summed E-state index contributed by atoms with van der Waals surface area (Å²) in [7, 11) is -4.40. The van der Waals surface area contributed by atoms with E-state index in [-0.39, 0.29) is 32.6 Å². The summed E-state index contributed by atoms with van der Waals surface area (Å²) in [6.45, 7) is 3.65. The summed E-state index contributed by atoms with van der Waals surface area (Å²) in [5, 5.41) is 0. The van der Waals surface area contributed by atoms with Gasteiger partial charge in [-0.3, -0.25) is 18.6 Å². The van der Waals surface area contributed by atoms with E-state index in [9.17, 15) is 19.0 Å². The molecule has 0 radical (unpaired) electrons. The zero-order valence-electron chi connectivity index (χ0n) is 37.7. The van der Waals surface area contributed by atoms with Gasteiger partial charge in [0.05, 0.1) is 13.2 Å². The fraction of sp³-hybridized carbons (Fsp3) is 0.755. The Morgan fingerprint density at radius 2 is 0.898 bits per heavy atom. The van der Waals surface area contributed by atoms with E-state index < -0.39 is 32.5 Å². The van der Waals surface area contributed by atoms with Crippen LogP contribution in [0.25, 0.3) is 0 Å². The number of allylic oxidation sites excluding steroid dienone is 10. The molecule has 0 rings (SSSR count). The molecule has 0 amide bonds. The molecule has 0 fully saturated rings. The van der Waals surface area contributed by atoms with Crippen LogP contribution in [0.15, 0.2) is 60.8 Å². The Hall–Kier alpha value is -2.29. The lowest BCUT2D eigenvalue weighted by Crippen LogP contribution is -2.29. The molecule has 0 aliphatic heterocycles. The Kier molecular flexibility index (Phi) is 43.5. The smallest absolute Gasteiger partial charge is 0.462 e. The zero-order chi connectivity index (χ0) is 43.2. The summed E-state index contributed by atoms with van der Waals surface area (Å²) in [5.41, 5.74) is 5.35. The first-order valence-electron chi connectivity index (χ1n) is 23.8. The molecule has 0 saturated heterocycles. The van der Waals surface area contributed by atoms with Crippen molar-refractivity contribution in [2.75, 3.05) is 26.4 Å². The molecular formula is C49H88NO8P. The van der Waals surface area contributed by atoms with E-state index in [1.807, 2.05) is 6.08 Å². The maximum atomic E-state index is 12.6. The van der Waals surface area contributed by atoms with Crippen LogP contribution in [0.4, 0.5) is 0 Å². The Morgan fingerprint density at radius 1 is 0.508 bits per heavy atom. The van der Waals surface area contributed by atoms with Gasteiger partial charge in [-0.25, -0.2) is 4.57 Å². The molecular weight excluding hydrogens is 762 g/mol. The third-order valence-corrected chi connectivity index (χ3v) is 10.9. The minimum absolute atomic E-state index is 0.0429. The number of hydrogen-bond donors (Lipinski definition) is 2. The van der Waals surface area contributed by atoms with Crippen molar-refractivity contribution in [1.29, 1.82) is 0 Å². The third kappa shape index (κ3) is 45.1. The normalized spacial score (nSPS) is 13.8. The fourth-order valence-corrected chi connectivity index (χ4v) is 7.09. The molecule has 0 saturated carbocycles. The Bertz CT molecular complexity index is 1150. The lowest BCUT2D eigenvalue weighted by Gasteiger charge is -2.19. The minimum atomic E-state index is -4.40. The maximum absolute atomic E-state index is 12.6. The summed E-state index contributed by atoms with van der Waals surface area (Å²) >= 11 is 0. The van der Waals surface area contributed by atoms with Gasteiger partial charge in [0, 0.05) is 19.4 Å². The molecule has 1 unspecified atom stereocenters. The van der Waals surface area contributed by atoms with E-state index in [1.165, 1.54) is 128 Å². The summed E-state index contributed by atoms with van der Waals surface area (Å²) in [6, 6.07) is 0. The number of phosphoric acid groups is 1. The van der Waals surface area contributed by atoms with E-state index >= 15 is 0 Å². The number of phosphoric ester groups is 1. The molecule has 0 aliphatic rings. The van der Waals surface area contributed by atoms with E-state index in [1.54, 1.807) is 0 Å². The van der Waals surface area contributed by atoms with Crippen LogP contribution < -0.4 is 5.73 Å². The van der Waals surface area contributed by atoms with Crippen molar-refractivity contribution in [3.8, 4) is 0 Å². The van der Waals surface area contributed by atoms with Crippen LogP contribution in [-0.4, -0.2) is 49.3 Å². The van der Waals surface area contributed by atoms with Gasteiger partial charge in [0.25, 0.3) is 0 Å². The number of carbonyl (C=O) groups is 2. The van der Waals surface area contributed by atoms with Crippen molar-refractivity contribution in [3.63, 3.8) is 0 Å². The number of unbranched alkanes of at least 4 members (excludes halogenated alkanes) is 21. The monoisotopic (exact) mass is 850 g/mol. The third-order valence-electron chi connectivity index (χ3n) is 9.88. The van der Waals surface area contributed by atoms with Gasteiger partial charge in [0.15, 0.2) is 6.10 Å². The number of nitrogens with two attached hydrogens (primary N) is 1. The Morgan fingerprint density at radius 3 is 1.41 bits per heavy atom. The van der Waals surface area contributed by atoms with Crippen LogP contribution in [-0.2, 0) is 32.7 Å². The number of carbonyl (C=O) groups excluding carboxylic acids is 2. The van der Waals surface area contributed by atoms with E-state index in [0.29, 0.717) is 12.8 Å². The van der Waals surface area contributed by atoms with Crippen molar-refractivity contribution in [1.82, 2.24) is 0 Å². The minimum Gasteiger partial charge on any atom is -0.462 e. The first-order chi connectivity index (χ1) is 28.8. The summed E-state index contributed by atoms with van der Waals surface area (Å²) in [4.78, 5) is 34.9. The molecule has 10 heteroatoms. The van der Waals surface area contributed by atoms with Crippen LogP contribution >= 0.6 is 7.82 Å². The zero-order valence-corrected chi connectivity index (χ0v) is 38.6. The molecule has 3 N–H and O–H groups in total. The van der Waals surface area contributed by atoms with Crippen molar-refractivity contribution in [2.45, 2.75) is 213 Å².